The predicted octanol–water partition coefficient (Wildman–Crippen LogP) is 2.69. The van der Waals surface area contributed by atoms with Crippen LogP contribution in [0.4, 0.5) is 18.0 Å². The van der Waals surface area contributed by atoms with E-state index in [-0.39, 0.29) is 18.2 Å². The number of amides is 3. The van der Waals surface area contributed by atoms with Crippen LogP contribution in [-0.4, -0.2) is 43.3 Å². The molecule has 1 aliphatic rings. The van der Waals surface area contributed by atoms with Crippen molar-refractivity contribution in [1.82, 2.24) is 10.6 Å². The maximum absolute atomic E-state index is 12.0. The number of urea groups is 1. The molecule has 10 heteroatoms. The zero-order chi connectivity index (χ0) is 20.6. The highest BCUT2D eigenvalue weighted by Gasteiger charge is 2.27. The highest BCUT2D eigenvalue weighted by atomic mass is 19.4. The highest BCUT2D eigenvalue weighted by Crippen LogP contribution is 2.17. The average molecular weight is 402 g/mol. The summed E-state index contributed by atoms with van der Waals surface area (Å²) in [6, 6.07) is 4.95. The first-order chi connectivity index (χ1) is 13.2. The molecule has 1 aliphatic carbocycles. The largest absolute Gasteiger partial charge is 0.452 e. The molecule has 1 aromatic carbocycles. The second-order valence-corrected chi connectivity index (χ2v) is 6.38. The van der Waals surface area contributed by atoms with Gasteiger partial charge in [0.2, 0.25) is 0 Å². The minimum Gasteiger partial charge on any atom is -0.452 e. The second kappa shape index (κ2) is 10.1. The lowest BCUT2D eigenvalue weighted by molar-refractivity contribution is -0.176. The van der Waals surface area contributed by atoms with Gasteiger partial charge >= 0.3 is 18.2 Å². The molecule has 7 nitrogen and oxygen atoms in total. The number of alkyl halides is 3. The van der Waals surface area contributed by atoms with Crippen molar-refractivity contribution < 1.29 is 37.0 Å². The van der Waals surface area contributed by atoms with Gasteiger partial charge in [0, 0.05) is 6.04 Å². The summed E-state index contributed by atoms with van der Waals surface area (Å²) in [4.78, 5) is 35.2. The van der Waals surface area contributed by atoms with Gasteiger partial charge in [-0.3, -0.25) is 10.1 Å². The molecule has 2 N–H and O–H groups in total. The van der Waals surface area contributed by atoms with Gasteiger partial charge < -0.3 is 14.8 Å². The Balaban J connectivity index is 1.70. The van der Waals surface area contributed by atoms with Gasteiger partial charge in [-0.15, -0.1) is 0 Å². The first kappa shape index (κ1) is 21.7. The van der Waals surface area contributed by atoms with Gasteiger partial charge in [0.15, 0.2) is 6.61 Å². The van der Waals surface area contributed by atoms with Crippen molar-refractivity contribution in [2.75, 3.05) is 13.2 Å². The van der Waals surface area contributed by atoms with Crippen LogP contribution >= 0.6 is 0 Å². The van der Waals surface area contributed by atoms with Crippen molar-refractivity contribution in [3.8, 4) is 0 Å². The Kier molecular flexibility index (Phi) is 7.80. The molecular weight excluding hydrogens is 381 g/mol. The zero-order valence-electron chi connectivity index (χ0n) is 15.0. The minimum atomic E-state index is -4.40. The van der Waals surface area contributed by atoms with E-state index in [4.69, 9.17) is 4.74 Å². The van der Waals surface area contributed by atoms with Gasteiger partial charge in [-0.25, -0.2) is 9.59 Å². The SMILES string of the molecule is O=C(COC(=O)c1ccc(COCC(F)(F)F)cc1)NC(=O)NC1CCCC1. The number of esters is 1. The standard InChI is InChI=1S/C18H21F3N2O5/c19-18(20,21)11-27-9-12-5-7-13(8-6-12)16(25)28-10-15(24)23-17(26)22-14-3-1-2-4-14/h5-8,14H,1-4,9-11H2,(H2,22,23,24,26). The summed E-state index contributed by atoms with van der Waals surface area (Å²) in [5.41, 5.74) is 0.560. The van der Waals surface area contributed by atoms with Crippen LogP contribution in [0.2, 0.25) is 0 Å². The first-order valence-corrected chi connectivity index (χ1v) is 8.74. The molecule has 2 rings (SSSR count). The minimum absolute atomic E-state index is 0.0500. The summed E-state index contributed by atoms with van der Waals surface area (Å²) in [6.07, 6.45) is -0.604. The van der Waals surface area contributed by atoms with E-state index in [1.54, 1.807) is 0 Å². The number of carbonyl (C=O) groups excluding carboxylic acids is 3. The van der Waals surface area contributed by atoms with Crippen molar-refractivity contribution in [3.63, 3.8) is 0 Å². The summed E-state index contributed by atoms with van der Waals surface area (Å²) in [5.74, 6) is -1.56. The van der Waals surface area contributed by atoms with Gasteiger partial charge in [0.25, 0.3) is 5.91 Å². The smallest absolute Gasteiger partial charge is 0.411 e. The van der Waals surface area contributed by atoms with Gasteiger partial charge in [-0.2, -0.15) is 13.2 Å². The molecule has 0 bridgehead atoms. The quantitative estimate of drug-likeness (QED) is 0.684. The summed E-state index contributed by atoms with van der Waals surface area (Å²) in [6.45, 7) is -2.25. The molecular formula is C18H21F3N2O5. The third-order valence-corrected chi connectivity index (χ3v) is 4.00. The van der Waals surface area contributed by atoms with Crippen LogP contribution in [0.3, 0.4) is 0 Å². The third kappa shape index (κ3) is 7.95. The third-order valence-electron chi connectivity index (χ3n) is 4.00. The van der Waals surface area contributed by atoms with E-state index in [1.807, 2.05) is 0 Å². The Morgan fingerprint density at radius 1 is 1.07 bits per heavy atom. The van der Waals surface area contributed by atoms with Crippen molar-refractivity contribution in [3.05, 3.63) is 35.4 Å². The van der Waals surface area contributed by atoms with Crippen LogP contribution in [0.1, 0.15) is 41.6 Å². The fourth-order valence-corrected chi connectivity index (χ4v) is 2.69. The number of benzene rings is 1. The fourth-order valence-electron chi connectivity index (χ4n) is 2.69. The number of imide groups is 1. The van der Waals surface area contributed by atoms with E-state index < -0.39 is 37.3 Å². The lowest BCUT2D eigenvalue weighted by Gasteiger charge is -2.12. The number of nitrogens with one attached hydrogen (secondary N) is 2. The number of rotatable bonds is 7. The van der Waals surface area contributed by atoms with Crippen LogP contribution in [0.5, 0.6) is 0 Å². The molecule has 0 atom stereocenters. The van der Waals surface area contributed by atoms with E-state index in [9.17, 15) is 27.6 Å². The Hall–Kier alpha value is -2.62. The molecule has 1 saturated carbocycles. The average Bonchev–Trinajstić information content (AvgIpc) is 3.12. The molecule has 0 aromatic heterocycles. The monoisotopic (exact) mass is 402 g/mol. The first-order valence-electron chi connectivity index (χ1n) is 8.74. The zero-order valence-corrected chi connectivity index (χ0v) is 15.0. The number of ether oxygens (including phenoxy) is 2. The molecule has 0 radical (unpaired) electrons. The van der Waals surface area contributed by atoms with Crippen molar-refractivity contribution in [2.24, 2.45) is 0 Å². The number of halogens is 3. The Morgan fingerprint density at radius 2 is 1.71 bits per heavy atom. The molecule has 1 fully saturated rings. The molecule has 0 aliphatic heterocycles. The van der Waals surface area contributed by atoms with Crippen LogP contribution in [-0.2, 0) is 20.9 Å². The molecule has 154 valence electrons. The van der Waals surface area contributed by atoms with E-state index >= 15 is 0 Å². The summed E-state index contributed by atoms with van der Waals surface area (Å²) in [5, 5.41) is 4.75. The van der Waals surface area contributed by atoms with Crippen molar-refractivity contribution in [1.29, 1.82) is 0 Å². The van der Waals surface area contributed by atoms with E-state index in [0.29, 0.717) is 5.56 Å². The Bertz CT molecular complexity index is 685. The molecule has 0 saturated heterocycles. The fraction of sp³-hybridized carbons (Fsp3) is 0.500. The second-order valence-electron chi connectivity index (χ2n) is 6.38. The van der Waals surface area contributed by atoms with E-state index in [0.717, 1.165) is 25.7 Å². The van der Waals surface area contributed by atoms with Crippen molar-refractivity contribution >= 4 is 17.9 Å². The summed E-state index contributed by atoms with van der Waals surface area (Å²) in [7, 11) is 0. The summed E-state index contributed by atoms with van der Waals surface area (Å²) >= 11 is 0. The Labute approximate surface area is 159 Å². The number of hydrogen-bond acceptors (Lipinski definition) is 5. The van der Waals surface area contributed by atoms with Crippen LogP contribution in [0.25, 0.3) is 0 Å². The van der Waals surface area contributed by atoms with Crippen LogP contribution in [0.15, 0.2) is 24.3 Å². The van der Waals surface area contributed by atoms with Gasteiger partial charge in [0.1, 0.15) is 6.61 Å². The molecule has 0 heterocycles. The molecule has 3 amide bonds. The summed E-state index contributed by atoms with van der Waals surface area (Å²) < 4.78 is 45.4. The Morgan fingerprint density at radius 3 is 2.32 bits per heavy atom. The lowest BCUT2D eigenvalue weighted by Crippen LogP contribution is -2.44. The number of hydrogen-bond donors (Lipinski definition) is 2. The maximum Gasteiger partial charge on any atom is 0.411 e. The van der Waals surface area contributed by atoms with Crippen LogP contribution in [0, 0.1) is 0 Å². The van der Waals surface area contributed by atoms with E-state index in [1.165, 1.54) is 24.3 Å². The molecule has 0 unspecified atom stereocenters. The molecule has 1 aromatic rings. The topological polar surface area (TPSA) is 93.7 Å². The van der Waals surface area contributed by atoms with Gasteiger partial charge in [0.05, 0.1) is 12.2 Å². The normalized spacial score (nSPS) is 14.5. The van der Waals surface area contributed by atoms with Gasteiger partial charge in [-0.1, -0.05) is 25.0 Å². The number of carbonyl (C=O) groups is 3. The van der Waals surface area contributed by atoms with E-state index in [2.05, 4.69) is 15.4 Å². The lowest BCUT2D eigenvalue weighted by atomic mass is 10.1. The highest BCUT2D eigenvalue weighted by molar-refractivity contribution is 5.97. The van der Waals surface area contributed by atoms with Gasteiger partial charge in [-0.05, 0) is 30.5 Å². The molecule has 0 spiro atoms. The maximum atomic E-state index is 12.0. The van der Waals surface area contributed by atoms with Crippen LogP contribution < -0.4 is 10.6 Å². The molecule has 28 heavy (non-hydrogen) atoms. The van der Waals surface area contributed by atoms with Crippen molar-refractivity contribution in [2.45, 2.75) is 44.5 Å². The predicted molar refractivity (Wildman–Crippen MR) is 91.4 cm³/mol.